The molecule has 112 valence electrons. The predicted octanol–water partition coefficient (Wildman–Crippen LogP) is 1.60. The zero-order valence-electron chi connectivity index (χ0n) is 10.5. The molecule has 5 nitrogen and oxygen atoms in total. The largest absolute Gasteiger partial charge is 0.347 e. The van der Waals surface area contributed by atoms with Crippen molar-refractivity contribution in [1.29, 1.82) is 0 Å². The Balaban J connectivity index is 2.06. The topological polar surface area (TPSA) is 89.3 Å². The third-order valence-electron chi connectivity index (χ3n) is 2.47. The van der Waals surface area contributed by atoms with Crippen molar-refractivity contribution < 1.29 is 22.0 Å². The molecule has 0 aliphatic rings. The van der Waals surface area contributed by atoms with E-state index >= 15 is 0 Å². The number of thiophene rings is 1. The van der Waals surface area contributed by atoms with Gasteiger partial charge in [0.05, 0.1) is 6.54 Å². The van der Waals surface area contributed by atoms with E-state index in [9.17, 15) is 22.0 Å². The molecule has 21 heavy (non-hydrogen) atoms. The first-order chi connectivity index (χ1) is 9.75. The second kappa shape index (κ2) is 5.88. The van der Waals surface area contributed by atoms with Gasteiger partial charge >= 0.3 is 0 Å². The molecule has 0 spiro atoms. The van der Waals surface area contributed by atoms with Gasteiger partial charge in [-0.1, -0.05) is 0 Å². The van der Waals surface area contributed by atoms with Crippen molar-refractivity contribution >= 4 is 27.3 Å². The molecule has 1 aromatic heterocycles. The first kappa shape index (κ1) is 15.5. The monoisotopic (exact) mass is 332 g/mol. The number of hydrogen-bond acceptors (Lipinski definition) is 4. The van der Waals surface area contributed by atoms with Crippen molar-refractivity contribution in [2.24, 2.45) is 5.14 Å². The molecule has 1 amide bonds. The molecule has 1 heterocycles. The van der Waals surface area contributed by atoms with Gasteiger partial charge in [-0.3, -0.25) is 4.79 Å². The summed E-state index contributed by atoms with van der Waals surface area (Å²) in [4.78, 5) is 12.3. The Labute approximate surface area is 123 Å². The smallest absolute Gasteiger partial charge is 0.251 e. The second-order valence-electron chi connectivity index (χ2n) is 4.11. The average Bonchev–Trinajstić information content (AvgIpc) is 2.83. The van der Waals surface area contributed by atoms with Crippen molar-refractivity contribution in [2.45, 2.75) is 10.8 Å². The number of nitrogens with two attached hydrogens (primary N) is 1. The Morgan fingerprint density at radius 2 is 1.81 bits per heavy atom. The minimum Gasteiger partial charge on any atom is -0.347 e. The minimum atomic E-state index is -3.78. The Morgan fingerprint density at radius 3 is 2.33 bits per heavy atom. The molecule has 2 aromatic rings. The molecule has 0 aliphatic carbocycles. The van der Waals surface area contributed by atoms with E-state index in [4.69, 9.17) is 5.14 Å². The molecule has 0 aliphatic heterocycles. The summed E-state index contributed by atoms with van der Waals surface area (Å²) < 4.78 is 48.1. The summed E-state index contributed by atoms with van der Waals surface area (Å²) in [6, 6.07) is 5.29. The van der Waals surface area contributed by atoms with E-state index in [1.54, 1.807) is 0 Å². The first-order valence-corrected chi connectivity index (χ1v) is 7.98. The van der Waals surface area contributed by atoms with E-state index < -0.39 is 27.6 Å². The van der Waals surface area contributed by atoms with E-state index in [0.29, 0.717) is 10.9 Å². The maximum atomic E-state index is 13.0. The number of nitrogens with one attached hydrogen (secondary N) is 1. The van der Waals surface area contributed by atoms with Gasteiger partial charge < -0.3 is 5.32 Å². The van der Waals surface area contributed by atoms with Gasteiger partial charge in [0.25, 0.3) is 5.91 Å². The highest BCUT2D eigenvalue weighted by Crippen LogP contribution is 2.20. The molecule has 0 unspecified atom stereocenters. The van der Waals surface area contributed by atoms with Gasteiger partial charge in [0.15, 0.2) is 0 Å². The van der Waals surface area contributed by atoms with Crippen molar-refractivity contribution in [2.75, 3.05) is 0 Å². The Kier molecular flexibility index (Phi) is 4.35. The van der Waals surface area contributed by atoms with Crippen LogP contribution in [0, 0.1) is 11.6 Å². The van der Waals surface area contributed by atoms with Crippen LogP contribution in [-0.4, -0.2) is 14.3 Å². The fraction of sp³-hybridized carbons (Fsp3) is 0.0833. The average molecular weight is 332 g/mol. The fourth-order valence-corrected chi connectivity index (χ4v) is 3.28. The zero-order chi connectivity index (χ0) is 15.6. The van der Waals surface area contributed by atoms with Gasteiger partial charge in [-0.15, -0.1) is 11.3 Å². The summed E-state index contributed by atoms with van der Waals surface area (Å²) in [5.41, 5.74) is -0.157. The predicted molar refractivity (Wildman–Crippen MR) is 73.2 cm³/mol. The first-order valence-electron chi connectivity index (χ1n) is 5.61. The molecule has 0 saturated carbocycles. The quantitative estimate of drug-likeness (QED) is 0.891. The van der Waals surface area contributed by atoms with Crippen molar-refractivity contribution in [1.82, 2.24) is 5.32 Å². The van der Waals surface area contributed by atoms with Crippen molar-refractivity contribution in [3.63, 3.8) is 0 Å². The lowest BCUT2D eigenvalue weighted by Crippen LogP contribution is -2.22. The third kappa shape index (κ3) is 4.06. The molecule has 3 N–H and O–H groups in total. The maximum Gasteiger partial charge on any atom is 0.251 e. The molecular formula is C12H10F2N2O3S2. The fourth-order valence-electron chi connectivity index (χ4n) is 1.56. The lowest BCUT2D eigenvalue weighted by Gasteiger charge is -2.04. The van der Waals surface area contributed by atoms with Gasteiger partial charge in [-0.05, 0) is 24.3 Å². The lowest BCUT2D eigenvalue weighted by atomic mass is 10.2. The van der Waals surface area contributed by atoms with Crippen LogP contribution in [-0.2, 0) is 16.6 Å². The number of halogens is 2. The SMILES string of the molecule is NS(=O)(=O)c1ccc(CNC(=O)c2cc(F)cc(F)c2)s1. The van der Waals surface area contributed by atoms with E-state index in [2.05, 4.69) is 5.32 Å². The van der Waals surface area contributed by atoms with E-state index in [1.807, 2.05) is 0 Å². The molecule has 2 rings (SSSR count). The number of hydrogen-bond donors (Lipinski definition) is 2. The van der Waals surface area contributed by atoms with E-state index in [1.165, 1.54) is 12.1 Å². The van der Waals surface area contributed by atoms with Crippen LogP contribution in [0.1, 0.15) is 15.2 Å². The van der Waals surface area contributed by atoms with Crippen LogP contribution >= 0.6 is 11.3 Å². The minimum absolute atomic E-state index is 0.0245. The number of primary sulfonamides is 1. The van der Waals surface area contributed by atoms with Gasteiger partial charge in [0, 0.05) is 16.5 Å². The third-order valence-corrected chi connectivity index (χ3v) is 4.99. The van der Waals surface area contributed by atoms with Crippen LogP contribution < -0.4 is 10.5 Å². The van der Waals surface area contributed by atoms with Gasteiger partial charge in [0.2, 0.25) is 10.0 Å². The summed E-state index contributed by atoms with van der Waals surface area (Å²) in [7, 11) is -3.78. The molecule has 1 aromatic carbocycles. The van der Waals surface area contributed by atoms with E-state index in [-0.39, 0.29) is 16.3 Å². The summed E-state index contributed by atoms with van der Waals surface area (Å²) in [6.07, 6.45) is 0. The van der Waals surface area contributed by atoms with E-state index in [0.717, 1.165) is 23.5 Å². The molecule has 0 atom stereocenters. The second-order valence-corrected chi connectivity index (χ2v) is 7.06. The highest BCUT2D eigenvalue weighted by atomic mass is 32.2. The van der Waals surface area contributed by atoms with Crippen LogP contribution in [0.5, 0.6) is 0 Å². The van der Waals surface area contributed by atoms with Crippen LogP contribution in [0.25, 0.3) is 0 Å². The number of rotatable bonds is 4. The Morgan fingerprint density at radius 1 is 1.19 bits per heavy atom. The Bertz CT molecular complexity index is 767. The van der Waals surface area contributed by atoms with Crippen molar-refractivity contribution in [3.05, 3.63) is 52.4 Å². The number of carbonyl (C=O) groups excluding carboxylic acids is 1. The summed E-state index contributed by atoms with van der Waals surface area (Å²) in [5, 5.41) is 7.40. The van der Waals surface area contributed by atoms with Crippen LogP contribution in [0.4, 0.5) is 8.78 Å². The van der Waals surface area contributed by atoms with Crippen LogP contribution in [0.15, 0.2) is 34.5 Å². The zero-order valence-corrected chi connectivity index (χ0v) is 12.1. The summed E-state index contributed by atoms with van der Waals surface area (Å²) >= 11 is 0.907. The van der Waals surface area contributed by atoms with Gasteiger partial charge in [0.1, 0.15) is 15.8 Å². The number of benzene rings is 1. The normalized spacial score (nSPS) is 11.4. The lowest BCUT2D eigenvalue weighted by molar-refractivity contribution is 0.0950. The molecule has 0 bridgehead atoms. The Hall–Kier alpha value is -1.84. The molecule has 9 heteroatoms. The molecule has 0 radical (unpaired) electrons. The molecule has 0 fully saturated rings. The summed E-state index contributed by atoms with van der Waals surface area (Å²) in [5.74, 6) is -2.38. The maximum absolute atomic E-state index is 13.0. The number of sulfonamides is 1. The van der Waals surface area contributed by atoms with Gasteiger partial charge in [-0.2, -0.15) is 0 Å². The molecule has 0 saturated heterocycles. The number of amides is 1. The van der Waals surface area contributed by atoms with Crippen LogP contribution in [0.2, 0.25) is 0 Å². The van der Waals surface area contributed by atoms with Crippen molar-refractivity contribution in [3.8, 4) is 0 Å². The highest BCUT2D eigenvalue weighted by Gasteiger charge is 2.13. The van der Waals surface area contributed by atoms with Crippen LogP contribution in [0.3, 0.4) is 0 Å². The summed E-state index contributed by atoms with van der Waals surface area (Å²) in [6.45, 7) is 0.0250. The standard InChI is InChI=1S/C12H10F2N2O3S2/c13-8-3-7(4-9(14)5-8)12(17)16-6-10-1-2-11(20-10)21(15,18)19/h1-5H,6H2,(H,16,17)(H2,15,18,19). The molecular weight excluding hydrogens is 322 g/mol. The number of carbonyl (C=O) groups is 1. The highest BCUT2D eigenvalue weighted by molar-refractivity contribution is 7.91. The van der Waals surface area contributed by atoms with Gasteiger partial charge in [-0.25, -0.2) is 22.3 Å².